The normalized spacial score (nSPS) is 13.2. The van der Waals surface area contributed by atoms with Gasteiger partial charge in [0.15, 0.2) is 0 Å². The summed E-state index contributed by atoms with van der Waals surface area (Å²) >= 11 is 1.05. The molecule has 0 saturated carbocycles. The largest absolute Gasteiger partial charge is 0.416 e. The minimum Gasteiger partial charge on any atom is -0.393 e. The quantitative estimate of drug-likeness (QED) is 0.752. The maximum atomic E-state index is 12.6. The molecule has 22 heavy (non-hydrogen) atoms. The third-order valence-electron chi connectivity index (χ3n) is 3.06. The van der Waals surface area contributed by atoms with E-state index >= 15 is 0 Å². The molecule has 0 aliphatic rings. The molecule has 0 radical (unpaired) electrons. The molecule has 1 amide bonds. The number of nitrogens with one attached hydrogen (secondary N) is 1. The molecular weight excluding hydrogens is 315 g/mol. The topological polar surface area (TPSA) is 49.3 Å². The van der Waals surface area contributed by atoms with E-state index in [0.29, 0.717) is 17.9 Å². The standard InChI is InChI=1S/C15H20F3NO2S/c1-10(2)13(20)6-7-19-14(21)9-22-12-5-3-4-11(8-12)15(16,17)18/h3-5,8,10,13,20H,6-7,9H2,1-2H3,(H,19,21). The summed E-state index contributed by atoms with van der Waals surface area (Å²) in [6.07, 6.45) is -4.40. The number of halogens is 3. The fourth-order valence-corrected chi connectivity index (χ4v) is 2.44. The highest BCUT2D eigenvalue weighted by atomic mass is 32.2. The molecule has 1 rings (SSSR count). The van der Waals surface area contributed by atoms with Crippen LogP contribution in [0.3, 0.4) is 0 Å². The van der Waals surface area contributed by atoms with Crippen molar-refractivity contribution in [2.24, 2.45) is 5.92 Å². The Morgan fingerprint density at radius 1 is 1.36 bits per heavy atom. The summed E-state index contributed by atoms with van der Waals surface area (Å²) in [5, 5.41) is 12.2. The Bertz CT molecular complexity index is 492. The van der Waals surface area contributed by atoms with E-state index in [1.165, 1.54) is 12.1 Å². The van der Waals surface area contributed by atoms with Crippen LogP contribution in [0.5, 0.6) is 0 Å². The van der Waals surface area contributed by atoms with Gasteiger partial charge in [-0.15, -0.1) is 11.8 Å². The third kappa shape index (κ3) is 6.70. The SMILES string of the molecule is CC(C)C(O)CCNC(=O)CSc1cccc(C(F)(F)F)c1. The van der Waals surface area contributed by atoms with Crippen molar-refractivity contribution in [1.82, 2.24) is 5.32 Å². The maximum absolute atomic E-state index is 12.6. The molecule has 0 aromatic heterocycles. The number of carbonyl (C=O) groups is 1. The van der Waals surface area contributed by atoms with E-state index < -0.39 is 17.8 Å². The van der Waals surface area contributed by atoms with Gasteiger partial charge in [0, 0.05) is 11.4 Å². The number of carbonyl (C=O) groups excluding carboxylic acids is 1. The zero-order valence-electron chi connectivity index (χ0n) is 12.5. The molecule has 1 aromatic rings. The molecule has 124 valence electrons. The summed E-state index contributed by atoms with van der Waals surface area (Å²) in [5.41, 5.74) is -0.724. The molecule has 0 saturated heterocycles. The van der Waals surface area contributed by atoms with Gasteiger partial charge in [-0.2, -0.15) is 13.2 Å². The summed E-state index contributed by atoms with van der Waals surface area (Å²) in [5.74, 6) is -0.103. The van der Waals surface area contributed by atoms with Crippen molar-refractivity contribution in [2.45, 2.75) is 37.4 Å². The lowest BCUT2D eigenvalue weighted by Gasteiger charge is -2.14. The lowest BCUT2D eigenvalue weighted by atomic mass is 10.0. The van der Waals surface area contributed by atoms with E-state index in [1.54, 1.807) is 0 Å². The zero-order chi connectivity index (χ0) is 16.8. The Balaban J connectivity index is 2.38. The number of aliphatic hydroxyl groups excluding tert-OH is 1. The van der Waals surface area contributed by atoms with E-state index in [4.69, 9.17) is 0 Å². The van der Waals surface area contributed by atoms with Crippen LogP contribution in [0.2, 0.25) is 0 Å². The van der Waals surface area contributed by atoms with Crippen molar-refractivity contribution >= 4 is 17.7 Å². The summed E-state index contributed by atoms with van der Waals surface area (Å²) in [6.45, 7) is 4.12. The first-order valence-corrected chi connectivity index (χ1v) is 7.93. The van der Waals surface area contributed by atoms with Crippen LogP contribution in [-0.2, 0) is 11.0 Å². The fourth-order valence-electron chi connectivity index (χ4n) is 1.65. The van der Waals surface area contributed by atoms with Crippen molar-refractivity contribution in [3.63, 3.8) is 0 Å². The number of thioether (sulfide) groups is 1. The second-order valence-corrected chi connectivity index (χ2v) is 6.31. The van der Waals surface area contributed by atoms with E-state index in [0.717, 1.165) is 23.9 Å². The van der Waals surface area contributed by atoms with Gasteiger partial charge >= 0.3 is 6.18 Å². The molecule has 0 spiro atoms. The minimum absolute atomic E-state index is 0.0408. The Morgan fingerprint density at radius 3 is 2.64 bits per heavy atom. The molecule has 7 heteroatoms. The summed E-state index contributed by atoms with van der Waals surface area (Å²) in [7, 11) is 0. The van der Waals surface area contributed by atoms with Gasteiger partial charge in [-0.1, -0.05) is 19.9 Å². The molecule has 0 heterocycles. The lowest BCUT2D eigenvalue weighted by molar-refractivity contribution is -0.137. The molecule has 1 atom stereocenters. The molecule has 0 aliphatic heterocycles. The van der Waals surface area contributed by atoms with Crippen LogP contribution < -0.4 is 5.32 Å². The first kappa shape index (κ1) is 18.8. The number of hydrogen-bond donors (Lipinski definition) is 2. The molecule has 2 N–H and O–H groups in total. The lowest BCUT2D eigenvalue weighted by Crippen LogP contribution is -2.29. The first-order valence-electron chi connectivity index (χ1n) is 6.95. The van der Waals surface area contributed by atoms with Crippen molar-refractivity contribution in [3.8, 4) is 0 Å². The van der Waals surface area contributed by atoms with Crippen molar-refractivity contribution in [2.75, 3.05) is 12.3 Å². The summed E-state index contributed by atoms with van der Waals surface area (Å²) in [4.78, 5) is 12.0. The van der Waals surface area contributed by atoms with Crippen LogP contribution >= 0.6 is 11.8 Å². The summed E-state index contributed by atoms with van der Waals surface area (Å²) < 4.78 is 37.7. The number of benzene rings is 1. The molecule has 1 aromatic carbocycles. The van der Waals surface area contributed by atoms with Gasteiger partial charge in [-0.3, -0.25) is 4.79 Å². The van der Waals surface area contributed by atoms with Gasteiger partial charge in [0.25, 0.3) is 0 Å². The molecule has 1 unspecified atom stereocenters. The highest BCUT2D eigenvalue weighted by molar-refractivity contribution is 8.00. The Kier molecular flexibility index (Phi) is 7.22. The first-order chi connectivity index (χ1) is 10.2. The zero-order valence-corrected chi connectivity index (χ0v) is 13.3. The van der Waals surface area contributed by atoms with Gasteiger partial charge in [-0.25, -0.2) is 0 Å². The van der Waals surface area contributed by atoms with Crippen LogP contribution in [0, 0.1) is 5.92 Å². The second kappa shape index (κ2) is 8.43. The highest BCUT2D eigenvalue weighted by Crippen LogP contribution is 2.31. The van der Waals surface area contributed by atoms with Gasteiger partial charge in [0.05, 0.1) is 17.4 Å². The summed E-state index contributed by atoms with van der Waals surface area (Å²) in [6, 6.07) is 4.88. The molecule has 0 fully saturated rings. The number of aliphatic hydroxyl groups is 1. The number of alkyl halides is 3. The average molecular weight is 335 g/mol. The molecular formula is C15H20F3NO2S. The minimum atomic E-state index is -4.38. The smallest absolute Gasteiger partial charge is 0.393 e. The van der Waals surface area contributed by atoms with Gasteiger partial charge in [0.2, 0.25) is 5.91 Å². The van der Waals surface area contributed by atoms with Crippen LogP contribution in [0.15, 0.2) is 29.2 Å². The van der Waals surface area contributed by atoms with Crippen molar-refractivity contribution < 1.29 is 23.1 Å². The number of hydrogen-bond acceptors (Lipinski definition) is 3. The van der Waals surface area contributed by atoms with Crippen LogP contribution in [0.1, 0.15) is 25.8 Å². The van der Waals surface area contributed by atoms with E-state index in [1.807, 2.05) is 13.8 Å². The average Bonchev–Trinajstić information content (AvgIpc) is 2.44. The fraction of sp³-hybridized carbons (Fsp3) is 0.533. The number of amides is 1. The second-order valence-electron chi connectivity index (χ2n) is 5.26. The van der Waals surface area contributed by atoms with Gasteiger partial charge in [-0.05, 0) is 30.5 Å². The van der Waals surface area contributed by atoms with Crippen LogP contribution in [0.25, 0.3) is 0 Å². The predicted molar refractivity (Wildman–Crippen MR) is 80.6 cm³/mol. The van der Waals surface area contributed by atoms with Crippen LogP contribution in [-0.4, -0.2) is 29.4 Å². The van der Waals surface area contributed by atoms with Gasteiger partial charge in [0.1, 0.15) is 0 Å². The van der Waals surface area contributed by atoms with E-state index in [9.17, 15) is 23.1 Å². The van der Waals surface area contributed by atoms with Crippen LogP contribution in [0.4, 0.5) is 13.2 Å². The van der Waals surface area contributed by atoms with E-state index in [2.05, 4.69) is 5.32 Å². The van der Waals surface area contributed by atoms with Crippen molar-refractivity contribution in [1.29, 1.82) is 0 Å². The predicted octanol–water partition coefficient (Wildman–Crippen LogP) is 3.32. The monoisotopic (exact) mass is 335 g/mol. The van der Waals surface area contributed by atoms with E-state index in [-0.39, 0.29) is 17.6 Å². The Hall–Kier alpha value is -1.21. The van der Waals surface area contributed by atoms with Gasteiger partial charge < -0.3 is 10.4 Å². The Labute approximate surface area is 132 Å². The third-order valence-corrected chi connectivity index (χ3v) is 4.06. The molecule has 0 bridgehead atoms. The maximum Gasteiger partial charge on any atom is 0.416 e. The highest BCUT2D eigenvalue weighted by Gasteiger charge is 2.30. The number of rotatable bonds is 7. The molecule has 0 aliphatic carbocycles. The Morgan fingerprint density at radius 2 is 2.05 bits per heavy atom. The molecule has 3 nitrogen and oxygen atoms in total. The van der Waals surface area contributed by atoms with Crippen molar-refractivity contribution in [3.05, 3.63) is 29.8 Å².